The molecule has 27 heavy (non-hydrogen) atoms. The van der Waals surface area contributed by atoms with Crippen LogP contribution in [-0.4, -0.2) is 18.7 Å². The van der Waals surface area contributed by atoms with Crippen molar-refractivity contribution in [3.05, 3.63) is 59.7 Å². The second-order valence-corrected chi connectivity index (χ2v) is 8.25. The molecule has 0 saturated carbocycles. The average molecular weight is 582 g/mol. The van der Waals surface area contributed by atoms with Gasteiger partial charge in [0.2, 0.25) is 0 Å². The van der Waals surface area contributed by atoms with Gasteiger partial charge in [-0.25, -0.2) is 5.43 Å². The summed E-state index contributed by atoms with van der Waals surface area (Å²) in [5.41, 5.74) is 3.70. The molecule has 0 bridgehead atoms. The van der Waals surface area contributed by atoms with Crippen LogP contribution in [0.25, 0.3) is 11.0 Å². The molecular formula is C18H12BrCl2IN2O3. The van der Waals surface area contributed by atoms with Crippen LogP contribution < -0.4 is 10.2 Å². The molecule has 9 heteroatoms. The summed E-state index contributed by atoms with van der Waals surface area (Å²) in [6.07, 6.45) is 1.44. The summed E-state index contributed by atoms with van der Waals surface area (Å²) >= 11 is 17.9. The Morgan fingerprint density at radius 2 is 2.00 bits per heavy atom. The quantitative estimate of drug-likeness (QED) is 0.219. The van der Waals surface area contributed by atoms with Crippen molar-refractivity contribution in [2.45, 2.75) is 6.92 Å². The number of nitrogens with one attached hydrogen (secondary N) is 1. The minimum absolute atomic E-state index is 0.168. The van der Waals surface area contributed by atoms with E-state index in [1.54, 1.807) is 18.2 Å². The molecule has 1 amide bonds. The molecule has 0 saturated heterocycles. The number of furan rings is 1. The zero-order valence-corrected chi connectivity index (χ0v) is 19.1. The summed E-state index contributed by atoms with van der Waals surface area (Å²) < 4.78 is 12.8. The van der Waals surface area contributed by atoms with Gasteiger partial charge < -0.3 is 9.15 Å². The number of carbonyl (C=O) groups is 1. The van der Waals surface area contributed by atoms with Crippen LogP contribution in [0, 0.1) is 3.57 Å². The summed E-state index contributed by atoms with van der Waals surface area (Å²) in [5, 5.41) is 5.50. The highest BCUT2D eigenvalue weighted by atomic mass is 127. The van der Waals surface area contributed by atoms with E-state index in [0.29, 0.717) is 33.5 Å². The van der Waals surface area contributed by atoms with E-state index in [-0.39, 0.29) is 5.76 Å². The van der Waals surface area contributed by atoms with Crippen molar-refractivity contribution in [3.8, 4) is 5.75 Å². The standard InChI is InChI=1S/C18H12BrCl2IN2O3/c1-2-26-17-12(20)3-9(4-13(17)21)8-23-24-18(25)15-6-10-5-11(19)7-14(22)16(10)27-15/h3-8H,2H2,1H3,(H,24,25)/b23-8-. The first-order chi connectivity index (χ1) is 12.9. The molecule has 0 fully saturated rings. The highest BCUT2D eigenvalue weighted by Crippen LogP contribution is 2.33. The molecule has 1 heterocycles. The van der Waals surface area contributed by atoms with E-state index >= 15 is 0 Å². The number of amides is 1. The van der Waals surface area contributed by atoms with Crippen LogP contribution in [0.1, 0.15) is 23.0 Å². The number of benzene rings is 2. The van der Waals surface area contributed by atoms with Gasteiger partial charge in [-0.2, -0.15) is 5.10 Å². The van der Waals surface area contributed by atoms with E-state index in [1.165, 1.54) is 6.21 Å². The number of hydrogen-bond donors (Lipinski definition) is 1. The fourth-order valence-corrected chi connectivity index (χ4v) is 4.62. The lowest BCUT2D eigenvalue weighted by Crippen LogP contribution is -2.16. The largest absolute Gasteiger partial charge is 0.491 e. The van der Waals surface area contributed by atoms with Crippen molar-refractivity contribution in [1.82, 2.24) is 5.43 Å². The summed E-state index contributed by atoms with van der Waals surface area (Å²) in [5.74, 6) is 0.128. The van der Waals surface area contributed by atoms with Crippen LogP contribution >= 0.6 is 61.7 Å². The van der Waals surface area contributed by atoms with Gasteiger partial charge in [0.05, 0.1) is 26.4 Å². The molecule has 0 radical (unpaired) electrons. The molecule has 1 aromatic heterocycles. The van der Waals surface area contributed by atoms with Gasteiger partial charge in [-0.3, -0.25) is 4.79 Å². The van der Waals surface area contributed by atoms with Crippen molar-refractivity contribution < 1.29 is 13.9 Å². The third-order valence-electron chi connectivity index (χ3n) is 3.45. The van der Waals surface area contributed by atoms with Gasteiger partial charge in [-0.1, -0.05) is 39.1 Å². The van der Waals surface area contributed by atoms with E-state index in [1.807, 2.05) is 19.1 Å². The molecule has 0 spiro atoms. The van der Waals surface area contributed by atoms with E-state index in [9.17, 15) is 4.79 Å². The van der Waals surface area contributed by atoms with Gasteiger partial charge in [0.25, 0.3) is 0 Å². The van der Waals surface area contributed by atoms with Gasteiger partial charge in [-0.05, 0) is 65.4 Å². The fourth-order valence-electron chi connectivity index (χ4n) is 2.34. The maximum absolute atomic E-state index is 12.3. The Balaban J connectivity index is 1.75. The molecule has 2 aromatic carbocycles. The highest BCUT2D eigenvalue weighted by molar-refractivity contribution is 14.1. The summed E-state index contributed by atoms with van der Waals surface area (Å²) in [7, 11) is 0. The third kappa shape index (κ3) is 4.77. The van der Waals surface area contributed by atoms with Crippen LogP contribution in [0.15, 0.2) is 44.3 Å². The lowest BCUT2D eigenvalue weighted by molar-refractivity contribution is 0.0929. The van der Waals surface area contributed by atoms with E-state index in [0.717, 1.165) is 13.4 Å². The predicted molar refractivity (Wildman–Crippen MR) is 119 cm³/mol. The number of ether oxygens (including phenoxy) is 1. The van der Waals surface area contributed by atoms with Gasteiger partial charge in [-0.15, -0.1) is 0 Å². The Morgan fingerprint density at radius 3 is 2.67 bits per heavy atom. The minimum atomic E-state index is -0.461. The summed E-state index contributed by atoms with van der Waals surface area (Å²) in [6.45, 7) is 2.30. The zero-order valence-electron chi connectivity index (χ0n) is 13.9. The Kier molecular flexibility index (Phi) is 6.67. The zero-order chi connectivity index (χ0) is 19.6. The van der Waals surface area contributed by atoms with Crippen LogP contribution in [0.2, 0.25) is 10.0 Å². The fraction of sp³-hybridized carbons (Fsp3) is 0.111. The first kappa shape index (κ1) is 20.4. The van der Waals surface area contributed by atoms with E-state index in [4.69, 9.17) is 32.4 Å². The number of nitrogens with zero attached hydrogens (tertiary/aromatic N) is 1. The van der Waals surface area contributed by atoms with Crippen LogP contribution in [0.4, 0.5) is 0 Å². The predicted octanol–water partition coefficient (Wildman–Crippen LogP) is 6.27. The van der Waals surface area contributed by atoms with E-state index in [2.05, 4.69) is 49.0 Å². The number of rotatable bonds is 5. The molecule has 0 aliphatic rings. The molecule has 0 aliphatic carbocycles. The Labute approximate surface area is 187 Å². The number of carbonyl (C=O) groups excluding carboxylic acids is 1. The minimum Gasteiger partial charge on any atom is -0.491 e. The van der Waals surface area contributed by atoms with Crippen LogP contribution in [0.3, 0.4) is 0 Å². The molecule has 0 unspecified atom stereocenters. The summed E-state index contributed by atoms with van der Waals surface area (Å²) in [6, 6.07) is 8.75. The van der Waals surface area contributed by atoms with Crippen LogP contribution in [0.5, 0.6) is 5.75 Å². The van der Waals surface area contributed by atoms with E-state index < -0.39 is 5.91 Å². The molecule has 3 aromatic rings. The highest BCUT2D eigenvalue weighted by Gasteiger charge is 2.14. The Morgan fingerprint density at radius 1 is 1.30 bits per heavy atom. The molecule has 0 atom stereocenters. The first-order valence-electron chi connectivity index (χ1n) is 7.73. The summed E-state index contributed by atoms with van der Waals surface area (Å²) in [4.78, 5) is 12.3. The van der Waals surface area contributed by atoms with Gasteiger partial charge in [0.15, 0.2) is 11.5 Å². The van der Waals surface area contributed by atoms with Gasteiger partial charge >= 0.3 is 5.91 Å². The second-order valence-electron chi connectivity index (χ2n) is 5.36. The van der Waals surface area contributed by atoms with Gasteiger partial charge in [0.1, 0.15) is 5.58 Å². The van der Waals surface area contributed by atoms with Crippen molar-refractivity contribution >= 4 is 84.8 Å². The molecular weight excluding hydrogens is 570 g/mol. The Bertz CT molecular complexity index is 1030. The average Bonchev–Trinajstić information content (AvgIpc) is 3.02. The van der Waals surface area contributed by atoms with Crippen molar-refractivity contribution in [2.75, 3.05) is 6.61 Å². The van der Waals surface area contributed by atoms with Crippen molar-refractivity contribution in [3.63, 3.8) is 0 Å². The number of fused-ring (bicyclic) bond motifs is 1. The van der Waals surface area contributed by atoms with Crippen molar-refractivity contribution in [2.24, 2.45) is 5.10 Å². The molecule has 140 valence electrons. The molecule has 5 nitrogen and oxygen atoms in total. The number of hydrogen-bond acceptors (Lipinski definition) is 4. The Hall–Kier alpha value is -1.29. The topological polar surface area (TPSA) is 63.8 Å². The van der Waals surface area contributed by atoms with Crippen molar-refractivity contribution in [1.29, 1.82) is 0 Å². The monoisotopic (exact) mass is 580 g/mol. The molecule has 1 N–H and O–H groups in total. The normalized spacial score (nSPS) is 11.3. The number of halogens is 4. The lowest BCUT2D eigenvalue weighted by atomic mass is 10.2. The number of hydrazone groups is 1. The molecule has 3 rings (SSSR count). The SMILES string of the molecule is CCOc1c(Cl)cc(/C=N\NC(=O)c2cc3cc(Br)cc(I)c3o2)cc1Cl. The molecule has 0 aliphatic heterocycles. The smallest absolute Gasteiger partial charge is 0.307 e. The first-order valence-corrected chi connectivity index (χ1v) is 10.4. The third-order valence-corrected chi connectivity index (χ3v) is 5.27. The second kappa shape index (κ2) is 8.81. The maximum Gasteiger partial charge on any atom is 0.307 e. The van der Waals surface area contributed by atoms with Gasteiger partial charge in [0, 0.05) is 9.86 Å². The maximum atomic E-state index is 12.3. The van der Waals surface area contributed by atoms with Crippen LogP contribution in [-0.2, 0) is 0 Å². The lowest BCUT2D eigenvalue weighted by Gasteiger charge is -2.08.